The Morgan fingerprint density at radius 2 is 1.76 bits per heavy atom. The SMILES string of the molecule is O=C(/C=C/c1ccc(OCCO)cc1)c1ccc(I)cc1. The van der Waals surface area contributed by atoms with E-state index >= 15 is 0 Å². The molecule has 4 heteroatoms. The van der Waals surface area contributed by atoms with Crippen LogP contribution in [0.15, 0.2) is 54.6 Å². The van der Waals surface area contributed by atoms with Crippen LogP contribution in [0.1, 0.15) is 15.9 Å². The zero-order valence-electron chi connectivity index (χ0n) is 11.3. The van der Waals surface area contributed by atoms with Crippen molar-refractivity contribution in [2.24, 2.45) is 0 Å². The Labute approximate surface area is 137 Å². The molecule has 0 saturated carbocycles. The standard InChI is InChI=1S/C17H15IO3/c18-15-6-4-14(5-7-15)17(20)10-3-13-1-8-16(9-2-13)21-12-11-19/h1-10,19H,11-12H2/b10-3+. The zero-order chi connectivity index (χ0) is 15.1. The molecule has 0 saturated heterocycles. The third kappa shape index (κ3) is 4.99. The minimum absolute atomic E-state index is 0.00777. The first-order valence-corrected chi connectivity index (χ1v) is 7.58. The molecule has 0 amide bonds. The Kier molecular flexibility index (Phi) is 5.95. The van der Waals surface area contributed by atoms with E-state index in [-0.39, 0.29) is 19.0 Å². The molecule has 0 bridgehead atoms. The summed E-state index contributed by atoms with van der Waals surface area (Å²) in [5, 5.41) is 8.68. The Balaban J connectivity index is 2.00. The van der Waals surface area contributed by atoms with Gasteiger partial charge < -0.3 is 9.84 Å². The maximum absolute atomic E-state index is 12.0. The molecule has 0 unspecified atom stereocenters. The molecular formula is C17H15IO3. The minimum atomic E-state index is -0.0213. The summed E-state index contributed by atoms with van der Waals surface area (Å²) >= 11 is 2.21. The molecule has 0 aromatic heterocycles. The lowest BCUT2D eigenvalue weighted by Gasteiger charge is -2.03. The normalized spacial score (nSPS) is 10.8. The molecule has 0 radical (unpaired) electrons. The molecule has 0 aliphatic heterocycles. The van der Waals surface area contributed by atoms with Crippen LogP contribution in [0.2, 0.25) is 0 Å². The summed E-state index contributed by atoms with van der Waals surface area (Å²) in [5.74, 6) is 0.678. The van der Waals surface area contributed by atoms with Gasteiger partial charge in [0, 0.05) is 9.13 Å². The predicted molar refractivity (Wildman–Crippen MR) is 91.5 cm³/mol. The van der Waals surface area contributed by atoms with E-state index in [4.69, 9.17) is 9.84 Å². The van der Waals surface area contributed by atoms with Crippen LogP contribution in [0.4, 0.5) is 0 Å². The van der Waals surface area contributed by atoms with Gasteiger partial charge in [-0.2, -0.15) is 0 Å². The molecule has 2 aromatic carbocycles. The number of rotatable bonds is 6. The molecule has 2 rings (SSSR count). The summed E-state index contributed by atoms with van der Waals surface area (Å²) in [6.45, 7) is 0.270. The van der Waals surface area contributed by atoms with E-state index in [1.807, 2.05) is 48.5 Å². The monoisotopic (exact) mass is 394 g/mol. The molecule has 0 heterocycles. The lowest BCUT2D eigenvalue weighted by Crippen LogP contribution is -2.01. The van der Waals surface area contributed by atoms with Crippen molar-refractivity contribution < 1.29 is 14.6 Å². The molecule has 1 N–H and O–H groups in total. The lowest BCUT2D eigenvalue weighted by molar-refractivity contribution is 0.104. The maximum atomic E-state index is 12.0. The van der Waals surface area contributed by atoms with E-state index in [2.05, 4.69) is 22.6 Å². The van der Waals surface area contributed by atoms with Crippen molar-refractivity contribution in [3.8, 4) is 5.75 Å². The van der Waals surface area contributed by atoms with Crippen LogP contribution in [-0.4, -0.2) is 24.1 Å². The summed E-state index contributed by atoms with van der Waals surface area (Å²) < 4.78 is 6.38. The highest BCUT2D eigenvalue weighted by atomic mass is 127. The summed E-state index contributed by atoms with van der Waals surface area (Å²) in [6, 6.07) is 14.8. The second kappa shape index (κ2) is 7.95. The Morgan fingerprint density at radius 3 is 2.38 bits per heavy atom. The molecule has 0 aliphatic carbocycles. The third-order valence-corrected chi connectivity index (χ3v) is 3.52. The summed E-state index contributed by atoms with van der Waals surface area (Å²) in [5.41, 5.74) is 1.60. The number of ketones is 1. The Morgan fingerprint density at radius 1 is 1.10 bits per heavy atom. The van der Waals surface area contributed by atoms with Crippen LogP contribution < -0.4 is 4.74 Å². The topological polar surface area (TPSA) is 46.5 Å². The predicted octanol–water partition coefficient (Wildman–Crippen LogP) is 3.56. The van der Waals surface area contributed by atoms with Gasteiger partial charge in [0.05, 0.1) is 6.61 Å². The first kappa shape index (κ1) is 15.7. The van der Waals surface area contributed by atoms with Gasteiger partial charge in [0.1, 0.15) is 12.4 Å². The van der Waals surface area contributed by atoms with Crippen LogP contribution in [0, 0.1) is 3.57 Å². The number of carbonyl (C=O) groups is 1. The number of aliphatic hydroxyl groups excluding tert-OH is 1. The average molecular weight is 394 g/mol. The van der Waals surface area contributed by atoms with E-state index in [1.165, 1.54) is 0 Å². The van der Waals surface area contributed by atoms with E-state index in [1.54, 1.807) is 12.2 Å². The fourth-order valence-electron chi connectivity index (χ4n) is 1.72. The molecule has 0 fully saturated rings. The van der Waals surface area contributed by atoms with Gasteiger partial charge in [0.25, 0.3) is 0 Å². The molecule has 0 aliphatic rings. The number of ether oxygens (including phenoxy) is 1. The van der Waals surface area contributed by atoms with E-state index in [9.17, 15) is 4.79 Å². The molecule has 3 nitrogen and oxygen atoms in total. The van der Waals surface area contributed by atoms with Crippen LogP contribution in [0.5, 0.6) is 5.75 Å². The minimum Gasteiger partial charge on any atom is -0.491 e. The molecule has 0 spiro atoms. The fourth-order valence-corrected chi connectivity index (χ4v) is 2.08. The number of carbonyl (C=O) groups excluding carboxylic acids is 1. The van der Waals surface area contributed by atoms with Crippen molar-refractivity contribution in [1.82, 2.24) is 0 Å². The average Bonchev–Trinajstić information content (AvgIpc) is 2.52. The second-order valence-electron chi connectivity index (χ2n) is 4.35. The molecule has 0 atom stereocenters. The van der Waals surface area contributed by atoms with Gasteiger partial charge in [-0.15, -0.1) is 0 Å². The van der Waals surface area contributed by atoms with E-state index < -0.39 is 0 Å². The van der Waals surface area contributed by atoms with Gasteiger partial charge in [-0.05, 0) is 58.5 Å². The summed E-state index contributed by atoms with van der Waals surface area (Å²) in [6.07, 6.45) is 3.34. The van der Waals surface area contributed by atoms with Crippen LogP contribution >= 0.6 is 22.6 Å². The highest BCUT2D eigenvalue weighted by molar-refractivity contribution is 14.1. The van der Waals surface area contributed by atoms with Gasteiger partial charge in [-0.3, -0.25) is 4.79 Å². The van der Waals surface area contributed by atoms with Crippen molar-refractivity contribution in [3.63, 3.8) is 0 Å². The number of hydrogen-bond donors (Lipinski definition) is 1. The lowest BCUT2D eigenvalue weighted by atomic mass is 10.1. The van der Waals surface area contributed by atoms with E-state index in [0.717, 1.165) is 9.13 Å². The van der Waals surface area contributed by atoms with Crippen molar-refractivity contribution in [3.05, 3.63) is 69.3 Å². The smallest absolute Gasteiger partial charge is 0.185 e. The highest BCUT2D eigenvalue weighted by Gasteiger charge is 2.01. The summed E-state index contributed by atoms with van der Waals surface area (Å²) in [4.78, 5) is 12.0. The largest absolute Gasteiger partial charge is 0.491 e. The van der Waals surface area contributed by atoms with Crippen molar-refractivity contribution in [1.29, 1.82) is 0 Å². The van der Waals surface area contributed by atoms with Gasteiger partial charge in [0.15, 0.2) is 5.78 Å². The second-order valence-corrected chi connectivity index (χ2v) is 5.59. The van der Waals surface area contributed by atoms with Gasteiger partial charge in [-0.25, -0.2) is 0 Å². The van der Waals surface area contributed by atoms with Crippen LogP contribution in [0.25, 0.3) is 6.08 Å². The first-order chi connectivity index (χ1) is 10.2. The highest BCUT2D eigenvalue weighted by Crippen LogP contribution is 2.14. The Bertz CT molecular complexity index is 615. The Hall–Kier alpha value is -1.66. The number of benzene rings is 2. The van der Waals surface area contributed by atoms with E-state index in [0.29, 0.717) is 11.3 Å². The van der Waals surface area contributed by atoms with Gasteiger partial charge >= 0.3 is 0 Å². The zero-order valence-corrected chi connectivity index (χ0v) is 13.5. The fraction of sp³-hybridized carbons (Fsp3) is 0.118. The van der Waals surface area contributed by atoms with Crippen molar-refractivity contribution in [2.75, 3.05) is 13.2 Å². The van der Waals surface area contributed by atoms with Crippen LogP contribution in [0.3, 0.4) is 0 Å². The van der Waals surface area contributed by atoms with Crippen molar-refractivity contribution >= 4 is 34.5 Å². The number of allylic oxidation sites excluding steroid dienone is 1. The van der Waals surface area contributed by atoms with Gasteiger partial charge in [-0.1, -0.05) is 30.3 Å². The molecule has 21 heavy (non-hydrogen) atoms. The van der Waals surface area contributed by atoms with Crippen LogP contribution in [-0.2, 0) is 0 Å². The first-order valence-electron chi connectivity index (χ1n) is 6.51. The molecule has 2 aromatic rings. The molecule has 108 valence electrons. The van der Waals surface area contributed by atoms with Crippen molar-refractivity contribution in [2.45, 2.75) is 0 Å². The quantitative estimate of drug-likeness (QED) is 0.463. The number of aliphatic hydroxyl groups is 1. The molecular weight excluding hydrogens is 379 g/mol. The maximum Gasteiger partial charge on any atom is 0.185 e. The summed E-state index contributed by atoms with van der Waals surface area (Å²) in [7, 11) is 0. The number of halogens is 1. The number of hydrogen-bond acceptors (Lipinski definition) is 3. The van der Waals surface area contributed by atoms with Gasteiger partial charge in [0.2, 0.25) is 0 Å². The third-order valence-electron chi connectivity index (χ3n) is 2.80.